The fourth-order valence-corrected chi connectivity index (χ4v) is 8.83. The van der Waals surface area contributed by atoms with Crippen molar-refractivity contribution in [1.29, 1.82) is 0 Å². The number of carboxylic acid groups (broad SMARTS) is 3. The number of fused-ring (bicyclic) bond motifs is 4. The number of carboxylic acids is 3. The van der Waals surface area contributed by atoms with Crippen LogP contribution in [0.3, 0.4) is 0 Å². The van der Waals surface area contributed by atoms with Gasteiger partial charge in [-0.05, 0) is 79.2 Å². The lowest BCUT2D eigenvalue weighted by molar-refractivity contribution is -0.116. The van der Waals surface area contributed by atoms with E-state index in [0.717, 1.165) is 17.8 Å². The summed E-state index contributed by atoms with van der Waals surface area (Å²) in [5, 5.41) is 47.0. The van der Waals surface area contributed by atoms with Crippen molar-refractivity contribution < 1.29 is 53.2 Å². The summed E-state index contributed by atoms with van der Waals surface area (Å²) in [5.74, 6) is -5.29. The van der Waals surface area contributed by atoms with Crippen LogP contribution in [-0.4, -0.2) is 77.3 Å². The number of nitrogens with one attached hydrogen (secondary N) is 2. The SMILES string of the molecule is CCN=c1ccc2c(-c3c(Cl)cc(C(=O)NCC=CC=CC(=O)NCc4c5oc6cc(O)ccc6c(-c6ccc(C(=O)O)cc6C(=O)O)c-5ccc4=O)c(Cl)c3C(=O)O)c3ccc(N(C)C)cc3oc-2c1. The van der Waals surface area contributed by atoms with E-state index >= 15 is 0 Å². The molecule has 0 aromatic heterocycles. The van der Waals surface area contributed by atoms with Gasteiger partial charge in [-0.1, -0.05) is 47.5 Å². The summed E-state index contributed by atoms with van der Waals surface area (Å²) in [6.45, 7) is 2.01. The Morgan fingerprint density at radius 1 is 0.718 bits per heavy atom. The molecule has 0 fully saturated rings. The Morgan fingerprint density at radius 3 is 2.15 bits per heavy atom. The fraction of sp³-hybridized carbons (Fsp3) is 0.113. The van der Waals surface area contributed by atoms with Gasteiger partial charge in [-0.15, -0.1) is 0 Å². The van der Waals surface area contributed by atoms with E-state index in [1.165, 1.54) is 66.8 Å². The van der Waals surface area contributed by atoms with E-state index in [2.05, 4.69) is 15.6 Å². The highest BCUT2D eigenvalue weighted by Gasteiger charge is 2.30. The number of nitrogens with zero attached hydrogens (tertiary/aromatic N) is 2. The van der Waals surface area contributed by atoms with Crippen LogP contribution in [-0.2, 0) is 11.3 Å². The van der Waals surface area contributed by atoms with Crippen LogP contribution in [0.1, 0.15) is 53.9 Å². The zero-order valence-corrected chi connectivity index (χ0v) is 39.3. The maximum Gasteiger partial charge on any atom is 0.337 e. The Labute approximate surface area is 412 Å². The lowest BCUT2D eigenvalue weighted by atomic mass is 9.88. The van der Waals surface area contributed by atoms with E-state index in [1.807, 2.05) is 38.1 Å². The standard InChI is InChI=1S/C53H40Cl2N4O12/c1-4-56-27-10-14-32-40(21-27)70-41-22-28(59(2)3)11-15-33(41)45(32)46-38(54)24-36(48(55)47(46)53(68)69)50(63)57-19-7-5-6-8-43(62)58-25-37-39(61)18-17-34-44(31-16-12-29(60)23-42(31)71-49(34)37)30-13-9-26(51(64)65)20-35(30)52(66)67/h5-18,20-24,60H,4,19,25H2,1-3H3,(H,57,63)(H,58,62)(H,64,65)(H,66,67)(H,68,69). The summed E-state index contributed by atoms with van der Waals surface area (Å²) < 4.78 is 12.5. The molecule has 0 unspecified atom stereocenters. The fourth-order valence-electron chi connectivity index (χ4n) is 8.21. The second-order valence-electron chi connectivity index (χ2n) is 16.1. The Hall–Kier alpha value is -8.73. The van der Waals surface area contributed by atoms with Gasteiger partial charge in [-0.3, -0.25) is 19.4 Å². The Kier molecular flexibility index (Phi) is 13.8. The van der Waals surface area contributed by atoms with Gasteiger partial charge in [0.25, 0.3) is 5.91 Å². The molecule has 0 atom stereocenters. The number of aromatic hydroxyl groups is 1. The molecule has 0 saturated carbocycles. The predicted octanol–water partition coefficient (Wildman–Crippen LogP) is 9.34. The maximum absolute atomic E-state index is 13.5. The van der Waals surface area contributed by atoms with Crippen LogP contribution in [0.2, 0.25) is 10.0 Å². The molecule has 2 heterocycles. The van der Waals surface area contributed by atoms with E-state index in [4.69, 9.17) is 32.0 Å². The number of amides is 2. The smallest absolute Gasteiger partial charge is 0.337 e. The summed E-state index contributed by atoms with van der Waals surface area (Å²) in [5.41, 5.74) is 1.41. The van der Waals surface area contributed by atoms with Gasteiger partial charge in [0.1, 0.15) is 28.4 Å². The number of phenolic OH excluding ortho intramolecular Hbond substituents is 1. The van der Waals surface area contributed by atoms with E-state index in [-0.39, 0.29) is 84.7 Å². The minimum absolute atomic E-state index is 0.00258. The number of hydrogen-bond acceptors (Lipinski definition) is 11. The highest BCUT2D eigenvalue weighted by Crippen LogP contribution is 2.47. The molecule has 0 saturated heterocycles. The van der Waals surface area contributed by atoms with Crippen LogP contribution in [0, 0.1) is 0 Å². The molecule has 0 bridgehead atoms. The van der Waals surface area contributed by atoms with Gasteiger partial charge in [0.05, 0.1) is 49.8 Å². The average Bonchev–Trinajstić information content (AvgIpc) is 3.33. The lowest BCUT2D eigenvalue weighted by Gasteiger charge is -2.21. The first kappa shape index (κ1) is 48.7. The minimum Gasteiger partial charge on any atom is -0.508 e. The molecule has 4 aromatic rings. The van der Waals surface area contributed by atoms with Crippen molar-refractivity contribution in [2.24, 2.45) is 4.99 Å². The van der Waals surface area contributed by atoms with E-state index < -0.39 is 40.7 Å². The van der Waals surface area contributed by atoms with Gasteiger partial charge >= 0.3 is 17.9 Å². The molecular formula is C53H40Cl2N4O12. The molecular weight excluding hydrogens is 956 g/mol. The van der Waals surface area contributed by atoms with Crippen molar-refractivity contribution in [2.75, 3.05) is 32.1 Å². The topological polar surface area (TPSA) is 249 Å². The molecule has 4 aliphatic rings. The lowest BCUT2D eigenvalue weighted by Crippen LogP contribution is -2.25. The number of aromatic carboxylic acids is 3. The number of carbonyl (C=O) groups is 5. The molecule has 0 spiro atoms. The molecule has 16 nitrogen and oxygen atoms in total. The first-order chi connectivity index (χ1) is 34.0. The Bertz CT molecular complexity index is 3670. The first-order valence-electron chi connectivity index (χ1n) is 21.6. The number of phenols is 1. The molecule has 358 valence electrons. The normalized spacial score (nSPS) is 11.9. The van der Waals surface area contributed by atoms with E-state index in [0.29, 0.717) is 45.1 Å². The van der Waals surface area contributed by atoms with Gasteiger partial charge < -0.3 is 44.8 Å². The minimum atomic E-state index is -1.42. The monoisotopic (exact) mass is 994 g/mol. The second kappa shape index (κ2) is 20.1. The summed E-state index contributed by atoms with van der Waals surface area (Å²) in [4.78, 5) is 83.3. The van der Waals surface area contributed by atoms with Crippen molar-refractivity contribution >= 4 is 80.6 Å². The van der Waals surface area contributed by atoms with Crippen LogP contribution in [0.4, 0.5) is 5.69 Å². The molecule has 2 aliphatic carbocycles. The average molecular weight is 996 g/mol. The second-order valence-corrected chi connectivity index (χ2v) is 16.9. The molecule has 4 aromatic carbocycles. The molecule has 2 amide bonds. The Balaban J connectivity index is 1.00. The van der Waals surface area contributed by atoms with Gasteiger partial charge in [0, 0.05) is 95.7 Å². The van der Waals surface area contributed by atoms with Crippen molar-refractivity contribution in [1.82, 2.24) is 10.6 Å². The molecule has 71 heavy (non-hydrogen) atoms. The summed E-state index contributed by atoms with van der Waals surface area (Å²) in [6, 6.07) is 22.5. The first-order valence-corrected chi connectivity index (χ1v) is 22.4. The zero-order chi connectivity index (χ0) is 50.8. The largest absolute Gasteiger partial charge is 0.508 e. The molecule has 2 aliphatic heterocycles. The number of rotatable bonds is 14. The third-order valence-electron chi connectivity index (χ3n) is 11.5. The molecule has 18 heteroatoms. The van der Waals surface area contributed by atoms with Crippen LogP contribution in [0.15, 0.2) is 134 Å². The Morgan fingerprint density at radius 2 is 1.44 bits per heavy atom. The van der Waals surface area contributed by atoms with E-state index in [9.17, 15) is 49.2 Å². The molecule has 8 rings (SSSR count). The number of carbonyl (C=O) groups excluding carboxylic acids is 2. The number of allylic oxidation sites excluding steroid dienone is 2. The number of anilines is 1. The highest BCUT2D eigenvalue weighted by atomic mass is 35.5. The zero-order valence-electron chi connectivity index (χ0n) is 37.8. The summed E-state index contributed by atoms with van der Waals surface area (Å²) in [6.07, 6.45) is 5.50. The maximum atomic E-state index is 13.5. The molecule has 6 N–H and O–H groups in total. The summed E-state index contributed by atoms with van der Waals surface area (Å²) >= 11 is 13.7. The van der Waals surface area contributed by atoms with Gasteiger partial charge in [0.15, 0.2) is 5.43 Å². The number of halogens is 2. The van der Waals surface area contributed by atoms with Crippen LogP contribution in [0.5, 0.6) is 5.75 Å². The van der Waals surface area contributed by atoms with Crippen LogP contribution >= 0.6 is 23.2 Å². The van der Waals surface area contributed by atoms with Crippen molar-refractivity contribution in [3.05, 3.63) is 169 Å². The van der Waals surface area contributed by atoms with Crippen LogP contribution < -0.4 is 26.3 Å². The van der Waals surface area contributed by atoms with E-state index in [1.54, 1.807) is 24.3 Å². The van der Waals surface area contributed by atoms with Crippen molar-refractivity contribution in [3.8, 4) is 50.7 Å². The number of benzene rings is 6. The van der Waals surface area contributed by atoms with Crippen LogP contribution in [0.25, 0.3) is 66.8 Å². The highest BCUT2D eigenvalue weighted by molar-refractivity contribution is 6.41. The van der Waals surface area contributed by atoms with Gasteiger partial charge in [-0.2, -0.15) is 0 Å². The van der Waals surface area contributed by atoms with Gasteiger partial charge in [-0.25, -0.2) is 14.4 Å². The summed E-state index contributed by atoms with van der Waals surface area (Å²) in [7, 11) is 3.75. The number of hydrogen-bond donors (Lipinski definition) is 6. The van der Waals surface area contributed by atoms with Gasteiger partial charge in [0.2, 0.25) is 5.91 Å². The van der Waals surface area contributed by atoms with Crippen molar-refractivity contribution in [3.63, 3.8) is 0 Å². The quantitative estimate of drug-likeness (QED) is 0.0338. The van der Waals surface area contributed by atoms with Crippen molar-refractivity contribution in [2.45, 2.75) is 13.5 Å². The predicted molar refractivity (Wildman–Crippen MR) is 268 cm³/mol. The third-order valence-corrected chi connectivity index (χ3v) is 12.2. The third kappa shape index (κ3) is 9.66. The molecule has 0 radical (unpaired) electrons.